The van der Waals surface area contributed by atoms with E-state index in [1.54, 1.807) is 0 Å². The summed E-state index contributed by atoms with van der Waals surface area (Å²) in [5, 5.41) is 10.6. The molecule has 0 heterocycles. The van der Waals surface area contributed by atoms with Crippen LogP contribution >= 0.6 is 15.6 Å². The van der Waals surface area contributed by atoms with E-state index in [0.29, 0.717) is 31.6 Å². The first kappa shape index (κ1) is 89.1. The van der Waals surface area contributed by atoms with Gasteiger partial charge in [0.25, 0.3) is 0 Å². The molecule has 0 saturated carbocycles. The lowest BCUT2D eigenvalue weighted by molar-refractivity contribution is -0.161. The number of ether oxygens (including phenoxy) is 4. The summed E-state index contributed by atoms with van der Waals surface area (Å²) in [7, 11) is -9.90. The number of aliphatic hydroxyl groups is 1. The van der Waals surface area contributed by atoms with E-state index in [-0.39, 0.29) is 25.7 Å². The predicted octanol–water partition coefficient (Wildman–Crippen LogP) is 20.6. The van der Waals surface area contributed by atoms with Gasteiger partial charge in [0, 0.05) is 25.7 Å². The molecule has 3 N–H and O–H groups in total. The average molecular weight is 1340 g/mol. The lowest BCUT2D eigenvalue weighted by Gasteiger charge is -2.21. The highest BCUT2D eigenvalue weighted by molar-refractivity contribution is 7.47. The molecule has 0 fully saturated rings. The molecule has 2 unspecified atom stereocenters. The first-order valence-electron chi connectivity index (χ1n) is 37.3. The highest BCUT2D eigenvalue weighted by Gasteiger charge is 2.30. The lowest BCUT2D eigenvalue weighted by Crippen LogP contribution is -2.30. The van der Waals surface area contributed by atoms with Crippen LogP contribution in [0.2, 0.25) is 0 Å². The molecule has 0 aliphatic carbocycles. The molecule has 0 aromatic carbocycles. The molecule has 0 aromatic rings. The van der Waals surface area contributed by atoms with Crippen LogP contribution in [0.15, 0.2) is 0 Å². The zero-order valence-corrected chi connectivity index (χ0v) is 61.1. The number of unbranched alkanes of at least 4 members (excludes halogenated alkanes) is 38. The Balaban J connectivity index is 5.22. The van der Waals surface area contributed by atoms with Gasteiger partial charge in [-0.2, -0.15) is 0 Å². The maximum absolute atomic E-state index is 13.0. The van der Waals surface area contributed by atoms with Crippen molar-refractivity contribution in [1.82, 2.24) is 0 Å². The fourth-order valence-corrected chi connectivity index (χ4v) is 12.5. The first-order chi connectivity index (χ1) is 43.7. The predicted molar refractivity (Wildman–Crippen MR) is 368 cm³/mol. The van der Waals surface area contributed by atoms with Crippen LogP contribution in [0.25, 0.3) is 0 Å². The second-order valence-electron chi connectivity index (χ2n) is 27.4. The van der Waals surface area contributed by atoms with Crippen LogP contribution in [0, 0.1) is 17.8 Å². The largest absolute Gasteiger partial charge is 0.472 e. The Kier molecular flexibility index (Phi) is 61.5. The minimum Gasteiger partial charge on any atom is -0.462 e. The average Bonchev–Trinajstić information content (AvgIpc) is 3.72. The third-order valence-electron chi connectivity index (χ3n) is 16.6. The Hall–Kier alpha value is -1.94. The van der Waals surface area contributed by atoms with Crippen LogP contribution in [0.4, 0.5) is 0 Å². The van der Waals surface area contributed by atoms with Gasteiger partial charge in [-0.1, -0.05) is 312 Å². The molecule has 0 bridgehead atoms. The number of carbonyl (C=O) groups excluding carboxylic acids is 4. The van der Waals surface area contributed by atoms with Crippen LogP contribution in [0.1, 0.15) is 363 Å². The van der Waals surface area contributed by atoms with Gasteiger partial charge in [-0.3, -0.25) is 37.3 Å². The minimum atomic E-state index is -4.95. The summed E-state index contributed by atoms with van der Waals surface area (Å²) in [6, 6.07) is 0. The van der Waals surface area contributed by atoms with E-state index in [1.165, 1.54) is 167 Å². The molecule has 540 valence electrons. The van der Waals surface area contributed by atoms with Gasteiger partial charge in [0.2, 0.25) is 0 Å². The van der Waals surface area contributed by atoms with Crippen molar-refractivity contribution in [2.75, 3.05) is 39.6 Å². The van der Waals surface area contributed by atoms with Crippen LogP contribution in [-0.2, 0) is 65.4 Å². The van der Waals surface area contributed by atoms with Crippen LogP contribution < -0.4 is 0 Å². The molecule has 17 nitrogen and oxygen atoms in total. The van der Waals surface area contributed by atoms with E-state index in [2.05, 4.69) is 48.5 Å². The van der Waals surface area contributed by atoms with Gasteiger partial charge < -0.3 is 33.8 Å². The number of carbonyl (C=O) groups is 4. The zero-order chi connectivity index (χ0) is 67.3. The van der Waals surface area contributed by atoms with Gasteiger partial charge in [0.1, 0.15) is 19.3 Å². The molecule has 0 aromatic heterocycles. The number of phosphoric ester groups is 2. The van der Waals surface area contributed by atoms with Crippen molar-refractivity contribution in [3.05, 3.63) is 0 Å². The van der Waals surface area contributed by atoms with E-state index >= 15 is 0 Å². The monoisotopic (exact) mass is 1340 g/mol. The summed E-state index contributed by atoms with van der Waals surface area (Å²) < 4.78 is 68.3. The lowest BCUT2D eigenvalue weighted by atomic mass is 10.0. The second-order valence-corrected chi connectivity index (χ2v) is 30.3. The Bertz CT molecular complexity index is 1780. The summed E-state index contributed by atoms with van der Waals surface area (Å²) >= 11 is 0. The number of esters is 4. The van der Waals surface area contributed by atoms with Crippen molar-refractivity contribution >= 4 is 39.5 Å². The molecular weight excluding hydrogens is 1200 g/mol. The number of aliphatic hydroxyl groups excluding tert-OH is 1. The maximum Gasteiger partial charge on any atom is 0.472 e. The molecule has 19 heteroatoms. The molecule has 0 rings (SSSR count). The Labute approximate surface area is 556 Å². The van der Waals surface area contributed by atoms with Gasteiger partial charge in [-0.15, -0.1) is 0 Å². The smallest absolute Gasteiger partial charge is 0.462 e. The number of phosphoric acid groups is 2. The summed E-state index contributed by atoms with van der Waals surface area (Å²) in [6.45, 7) is 11.7. The van der Waals surface area contributed by atoms with Crippen LogP contribution in [0.5, 0.6) is 0 Å². The molecule has 0 radical (unpaired) electrons. The Morgan fingerprint density at radius 3 is 0.747 bits per heavy atom. The summed E-state index contributed by atoms with van der Waals surface area (Å²) in [5.74, 6) is 0.0290. The quantitative estimate of drug-likeness (QED) is 0.0222. The van der Waals surface area contributed by atoms with E-state index < -0.39 is 97.5 Å². The van der Waals surface area contributed by atoms with Crippen molar-refractivity contribution in [2.24, 2.45) is 17.8 Å². The van der Waals surface area contributed by atoms with E-state index in [4.69, 9.17) is 37.0 Å². The molecule has 0 amide bonds. The van der Waals surface area contributed by atoms with Crippen LogP contribution in [0.3, 0.4) is 0 Å². The first-order valence-corrected chi connectivity index (χ1v) is 40.3. The van der Waals surface area contributed by atoms with Crippen molar-refractivity contribution in [3.8, 4) is 0 Å². The summed E-state index contributed by atoms with van der Waals surface area (Å²) in [5.41, 5.74) is 0. The third kappa shape index (κ3) is 66.5. The van der Waals surface area contributed by atoms with E-state index in [1.807, 2.05) is 0 Å². The standard InChI is InChI=1S/C72H140O17P2/c1-8-9-10-11-12-13-14-15-16-17-18-19-20-21-26-32-41-48-55-71(76)88-67(59-82-69(74)53-46-39-31-25-23-22-24-29-36-43-50-63(2)3)61-86-90(78,79)84-57-66(73)58-85-91(80,81)87-62-68(60-83-70(75)54-47-40-35-34-38-45-52-65(6)7)89-72(77)56-49-42-33-28-27-30-37-44-51-64(4)5/h63-68,73H,8-62H2,1-7H3,(H,78,79)(H,80,81)/t66-,67-,68-/m1/s1. The number of hydrogen-bond acceptors (Lipinski definition) is 15. The van der Waals surface area contributed by atoms with Gasteiger partial charge >= 0.3 is 39.5 Å². The molecule has 0 saturated heterocycles. The van der Waals surface area contributed by atoms with Gasteiger partial charge in [0.15, 0.2) is 12.2 Å². The summed E-state index contributed by atoms with van der Waals surface area (Å²) in [6.07, 6.45) is 47.5. The molecule has 0 aliphatic heterocycles. The van der Waals surface area contributed by atoms with Crippen molar-refractivity contribution < 1.29 is 80.2 Å². The second kappa shape index (κ2) is 62.8. The fraction of sp³-hybridized carbons (Fsp3) is 0.944. The maximum atomic E-state index is 13.0. The minimum absolute atomic E-state index is 0.103. The van der Waals surface area contributed by atoms with Crippen molar-refractivity contribution in [3.63, 3.8) is 0 Å². The third-order valence-corrected chi connectivity index (χ3v) is 18.5. The fourth-order valence-electron chi connectivity index (χ4n) is 10.9. The van der Waals surface area contributed by atoms with Crippen molar-refractivity contribution in [2.45, 2.75) is 381 Å². The summed E-state index contributed by atoms with van der Waals surface area (Å²) in [4.78, 5) is 72.6. The van der Waals surface area contributed by atoms with Gasteiger partial charge in [-0.05, 0) is 43.4 Å². The highest BCUT2D eigenvalue weighted by atomic mass is 31.2. The molecule has 5 atom stereocenters. The Morgan fingerprint density at radius 1 is 0.297 bits per heavy atom. The van der Waals surface area contributed by atoms with Crippen LogP contribution in [-0.4, -0.2) is 96.7 Å². The molecule has 0 spiro atoms. The molecular formula is C72H140O17P2. The SMILES string of the molecule is CCCCCCCCCCCCCCCCCCCCC(=O)O[C@H](COC(=O)CCCCCCCCCCCCC(C)C)COP(=O)(O)OC[C@@H](O)COP(=O)(O)OC[C@@H](COC(=O)CCCCCCCCC(C)C)OC(=O)CCCCCCCCCCC(C)C. The molecule has 91 heavy (non-hydrogen) atoms. The number of rotatable bonds is 70. The van der Waals surface area contributed by atoms with Gasteiger partial charge in [0.05, 0.1) is 26.4 Å². The molecule has 0 aliphatic rings. The zero-order valence-electron chi connectivity index (χ0n) is 59.3. The van der Waals surface area contributed by atoms with E-state index in [9.17, 15) is 43.2 Å². The van der Waals surface area contributed by atoms with Crippen molar-refractivity contribution in [1.29, 1.82) is 0 Å². The highest BCUT2D eigenvalue weighted by Crippen LogP contribution is 2.45. The van der Waals surface area contributed by atoms with Gasteiger partial charge in [-0.25, -0.2) is 9.13 Å². The Morgan fingerprint density at radius 2 is 0.505 bits per heavy atom. The topological polar surface area (TPSA) is 237 Å². The normalized spacial score (nSPS) is 14.2. The van der Waals surface area contributed by atoms with E-state index in [0.717, 1.165) is 108 Å². The number of hydrogen-bond donors (Lipinski definition) is 3.